The molecule has 10 heteroatoms. The van der Waals surface area contributed by atoms with Crippen LogP contribution in [0.15, 0.2) is 83.8 Å². The van der Waals surface area contributed by atoms with Gasteiger partial charge in [0, 0.05) is 11.8 Å². The lowest BCUT2D eigenvalue weighted by Crippen LogP contribution is -2.36. The van der Waals surface area contributed by atoms with Crippen LogP contribution in [0.2, 0.25) is 0 Å². The third-order valence-electron chi connectivity index (χ3n) is 4.65. The lowest BCUT2D eigenvalue weighted by Gasteiger charge is -2.14. The summed E-state index contributed by atoms with van der Waals surface area (Å²) < 4.78 is 36.0. The van der Waals surface area contributed by atoms with E-state index in [2.05, 4.69) is 5.32 Å². The molecule has 3 aromatic rings. The van der Waals surface area contributed by atoms with Gasteiger partial charge >= 0.3 is 5.97 Å². The molecule has 3 aromatic carbocycles. The predicted molar refractivity (Wildman–Crippen MR) is 117 cm³/mol. The molecule has 2 amide bonds. The number of anilines is 1. The number of amides is 2. The van der Waals surface area contributed by atoms with Crippen molar-refractivity contribution in [3.8, 4) is 11.5 Å². The minimum absolute atomic E-state index is 0.0133. The molecule has 0 unspecified atom stereocenters. The monoisotopic (exact) mass is 466 g/mol. The van der Waals surface area contributed by atoms with Crippen LogP contribution in [0.4, 0.5) is 5.69 Å². The summed E-state index contributed by atoms with van der Waals surface area (Å²) in [6.45, 7) is -1.48. The predicted octanol–water partition coefficient (Wildman–Crippen LogP) is 2.81. The number of nitrogens with one attached hydrogen (secondary N) is 1. The number of benzene rings is 3. The van der Waals surface area contributed by atoms with Crippen LogP contribution in [0, 0.1) is 0 Å². The molecule has 33 heavy (non-hydrogen) atoms. The molecule has 1 aliphatic heterocycles. The van der Waals surface area contributed by atoms with E-state index in [4.69, 9.17) is 9.47 Å². The summed E-state index contributed by atoms with van der Waals surface area (Å²) in [6.07, 6.45) is 0. The summed E-state index contributed by atoms with van der Waals surface area (Å²) in [7, 11) is -4.14. The maximum atomic E-state index is 12.5. The molecule has 0 spiro atoms. The summed E-state index contributed by atoms with van der Waals surface area (Å²) in [5.74, 6) is -1.37. The van der Waals surface area contributed by atoms with Crippen LogP contribution in [0.25, 0.3) is 0 Å². The molecule has 0 radical (unpaired) electrons. The molecule has 0 atom stereocenters. The molecule has 1 aliphatic rings. The minimum atomic E-state index is -4.14. The van der Waals surface area contributed by atoms with Crippen molar-refractivity contribution in [1.29, 1.82) is 0 Å². The van der Waals surface area contributed by atoms with E-state index < -0.39 is 41.0 Å². The van der Waals surface area contributed by atoms with Gasteiger partial charge in [0.2, 0.25) is 0 Å². The number of nitrogens with zero attached hydrogens (tertiary/aromatic N) is 1. The van der Waals surface area contributed by atoms with Crippen molar-refractivity contribution in [2.45, 2.75) is 4.90 Å². The summed E-state index contributed by atoms with van der Waals surface area (Å²) in [5, 5.41) is 2.56. The van der Waals surface area contributed by atoms with Crippen LogP contribution in [0.1, 0.15) is 10.4 Å². The fraction of sp³-hybridized carbons (Fsp3) is 0.0870. The number of carbonyl (C=O) groups is 3. The lowest BCUT2D eigenvalue weighted by molar-refractivity contribution is -0.147. The molecule has 0 aliphatic carbocycles. The van der Waals surface area contributed by atoms with Gasteiger partial charge in [-0.25, -0.2) is 12.7 Å². The second-order valence-corrected chi connectivity index (χ2v) is 8.80. The number of hydrogen-bond acceptors (Lipinski definition) is 7. The van der Waals surface area contributed by atoms with E-state index in [0.717, 1.165) is 0 Å². The second-order valence-electron chi connectivity index (χ2n) is 6.96. The van der Waals surface area contributed by atoms with Crippen molar-refractivity contribution in [3.05, 3.63) is 84.4 Å². The number of sulfonamides is 1. The van der Waals surface area contributed by atoms with E-state index in [1.165, 1.54) is 24.3 Å². The van der Waals surface area contributed by atoms with Crippen LogP contribution >= 0.6 is 0 Å². The van der Waals surface area contributed by atoms with Crippen molar-refractivity contribution in [2.24, 2.45) is 0 Å². The Labute approximate surface area is 189 Å². The fourth-order valence-electron chi connectivity index (χ4n) is 3.16. The largest absolute Gasteiger partial charge is 0.457 e. The number of rotatable bonds is 7. The first-order chi connectivity index (χ1) is 15.8. The number of fused-ring (bicyclic) bond motifs is 1. The normalized spacial score (nSPS) is 13.8. The fourth-order valence-corrected chi connectivity index (χ4v) is 4.67. The number of carbonyl (C=O) groups excluding carboxylic acids is 3. The molecule has 4 rings (SSSR count). The van der Waals surface area contributed by atoms with Crippen LogP contribution in [-0.2, 0) is 24.3 Å². The van der Waals surface area contributed by atoms with Gasteiger partial charge in [0.05, 0.1) is 5.56 Å². The average Bonchev–Trinajstić information content (AvgIpc) is 2.99. The maximum absolute atomic E-state index is 12.5. The third-order valence-corrected chi connectivity index (χ3v) is 6.43. The highest BCUT2D eigenvalue weighted by Crippen LogP contribution is 2.29. The van der Waals surface area contributed by atoms with Crippen LogP contribution in [0.5, 0.6) is 11.5 Å². The molecule has 0 saturated heterocycles. The van der Waals surface area contributed by atoms with Gasteiger partial charge in [-0.15, -0.1) is 0 Å². The highest BCUT2D eigenvalue weighted by atomic mass is 32.2. The van der Waals surface area contributed by atoms with E-state index in [1.54, 1.807) is 36.4 Å². The van der Waals surface area contributed by atoms with Gasteiger partial charge in [-0.05, 0) is 36.4 Å². The first-order valence-electron chi connectivity index (χ1n) is 9.79. The Morgan fingerprint density at radius 1 is 0.879 bits per heavy atom. The van der Waals surface area contributed by atoms with Gasteiger partial charge in [0.15, 0.2) is 6.61 Å². The maximum Gasteiger partial charge on any atom is 0.327 e. The van der Waals surface area contributed by atoms with Crippen molar-refractivity contribution in [2.75, 3.05) is 18.5 Å². The number of hydrogen-bond donors (Lipinski definition) is 1. The minimum Gasteiger partial charge on any atom is -0.457 e. The van der Waals surface area contributed by atoms with E-state index in [9.17, 15) is 22.8 Å². The summed E-state index contributed by atoms with van der Waals surface area (Å²) in [6, 6.07) is 21.4. The van der Waals surface area contributed by atoms with Crippen molar-refractivity contribution in [1.82, 2.24) is 4.31 Å². The zero-order chi connectivity index (χ0) is 23.4. The quantitative estimate of drug-likeness (QED) is 0.532. The summed E-state index contributed by atoms with van der Waals surface area (Å²) >= 11 is 0. The molecule has 0 aromatic heterocycles. The van der Waals surface area contributed by atoms with Gasteiger partial charge in [-0.1, -0.05) is 36.4 Å². The zero-order valence-electron chi connectivity index (χ0n) is 17.1. The Morgan fingerprint density at radius 2 is 1.58 bits per heavy atom. The van der Waals surface area contributed by atoms with Crippen LogP contribution in [0.3, 0.4) is 0 Å². The number of para-hydroxylation sites is 1. The molecule has 0 saturated carbocycles. The van der Waals surface area contributed by atoms with Gasteiger partial charge in [0.25, 0.3) is 21.8 Å². The van der Waals surface area contributed by atoms with Gasteiger partial charge in [-0.3, -0.25) is 14.4 Å². The molecule has 9 nitrogen and oxygen atoms in total. The first kappa shape index (κ1) is 22.0. The second kappa shape index (κ2) is 9.13. The third kappa shape index (κ3) is 4.85. The molecule has 1 heterocycles. The average molecular weight is 466 g/mol. The van der Waals surface area contributed by atoms with E-state index in [-0.39, 0.29) is 10.5 Å². The topological polar surface area (TPSA) is 119 Å². The van der Waals surface area contributed by atoms with E-state index >= 15 is 0 Å². The lowest BCUT2D eigenvalue weighted by atomic mass is 10.2. The Balaban J connectivity index is 1.31. The molecule has 0 bridgehead atoms. The molecule has 0 fully saturated rings. The summed E-state index contributed by atoms with van der Waals surface area (Å²) in [5.41, 5.74) is 0.401. The smallest absolute Gasteiger partial charge is 0.327 e. The Morgan fingerprint density at radius 3 is 2.33 bits per heavy atom. The van der Waals surface area contributed by atoms with Crippen LogP contribution < -0.4 is 10.1 Å². The van der Waals surface area contributed by atoms with Crippen molar-refractivity contribution in [3.63, 3.8) is 0 Å². The van der Waals surface area contributed by atoms with Crippen molar-refractivity contribution < 1.29 is 32.3 Å². The zero-order valence-corrected chi connectivity index (χ0v) is 17.9. The first-order valence-corrected chi connectivity index (χ1v) is 11.2. The summed E-state index contributed by atoms with van der Waals surface area (Å²) in [4.78, 5) is 36.5. The Bertz CT molecular complexity index is 1320. The van der Waals surface area contributed by atoms with E-state index in [1.807, 2.05) is 18.2 Å². The van der Waals surface area contributed by atoms with Gasteiger partial charge in [-0.2, -0.15) is 0 Å². The molecule has 1 N–H and O–H groups in total. The highest BCUT2D eigenvalue weighted by Gasteiger charge is 2.42. The van der Waals surface area contributed by atoms with E-state index in [0.29, 0.717) is 21.5 Å². The number of esters is 1. The van der Waals surface area contributed by atoms with Gasteiger partial charge < -0.3 is 14.8 Å². The molecule has 168 valence electrons. The highest BCUT2D eigenvalue weighted by molar-refractivity contribution is 7.90. The molecular formula is C23H18N2O7S. The Kier molecular flexibility index (Phi) is 6.09. The molecular weight excluding hydrogens is 448 g/mol. The van der Waals surface area contributed by atoms with Gasteiger partial charge in [0.1, 0.15) is 22.9 Å². The standard InChI is InChI=1S/C23H18N2O7S/c26-21(24-16-7-6-10-18(13-16)32-17-8-2-1-3-9-17)15-31-22(27)14-25-23(28)19-11-4-5-12-20(19)33(25,29)30/h1-13H,14-15H2,(H,24,26). The van der Waals surface area contributed by atoms with Crippen LogP contribution in [-0.4, -0.2) is 43.7 Å². The SMILES string of the molecule is O=C(COC(=O)CN1C(=O)c2ccccc2S1(=O)=O)Nc1cccc(Oc2ccccc2)c1. The number of ether oxygens (including phenoxy) is 2. The van der Waals surface area contributed by atoms with Crippen molar-refractivity contribution >= 4 is 33.5 Å². The Hall–Kier alpha value is -4.18.